The van der Waals surface area contributed by atoms with Gasteiger partial charge in [0.1, 0.15) is 18.1 Å². The minimum absolute atomic E-state index is 0.0141. The van der Waals surface area contributed by atoms with Crippen LogP contribution in [0.1, 0.15) is 28.3 Å². The molecule has 0 bridgehead atoms. The molecule has 0 radical (unpaired) electrons. The molecule has 5 aromatic rings. The number of carbonyl (C=O) groups excluding carboxylic acids is 2. The first-order valence-corrected chi connectivity index (χ1v) is 15.5. The number of rotatable bonds is 9. The van der Waals surface area contributed by atoms with Crippen LogP contribution in [0.15, 0.2) is 119 Å². The summed E-state index contributed by atoms with van der Waals surface area (Å²) in [6.45, 7) is 0.397. The number of aliphatic hydroxyl groups is 1. The molecule has 1 N–H and O–H groups in total. The van der Waals surface area contributed by atoms with Crippen LogP contribution in [0.4, 0.5) is 5.13 Å². The number of ether oxygens (including phenoxy) is 1. The van der Waals surface area contributed by atoms with E-state index >= 15 is 0 Å². The lowest BCUT2D eigenvalue weighted by atomic mass is 9.95. The molecule has 1 aliphatic heterocycles. The summed E-state index contributed by atoms with van der Waals surface area (Å²) >= 11 is 8.68. The fourth-order valence-corrected chi connectivity index (χ4v) is 6.62. The highest BCUT2D eigenvalue weighted by Gasteiger charge is 2.48. The number of aromatic nitrogens is 2. The molecular weight excluding hydrogens is 602 g/mol. The van der Waals surface area contributed by atoms with Gasteiger partial charge in [0.2, 0.25) is 5.13 Å². The normalized spacial score (nSPS) is 16.0. The molecule has 0 saturated carbocycles. The Morgan fingerprint density at radius 3 is 2.23 bits per heavy atom. The van der Waals surface area contributed by atoms with E-state index < -0.39 is 17.7 Å². The van der Waals surface area contributed by atoms with Gasteiger partial charge in [-0.2, -0.15) is 0 Å². The van der Waals surface area contributed by atoms with Gasteiger partial charge in [-0.3, -0.25) is 14.5 Å². The second-order valence-corrected chi connectivity index (χ2v) is 12.3. The van der Waals surface area contributed by atoms with Crippen molar-refractivity contribution >= 4 is 57.3 Å². The van der Waals surface area contributed by atoms with Crippen LogP contribution in [-0.2, 0) is 21.9 Å². The first-order valence-electron chi connectivity index (χ1n) is 13.3. The zero-order valence-electron chi connectivity index (χ0n) is 22.6. The van der Waals surface area contributed by atoms with Crippen LogP contribution < -0.4 is 9.64 Å². The average molecular weight is 626 g/mol. The van der Waals surface area contributed by atoms with Gasteiger partial charge in [-0.15, -0.1) is 10.2 Å². The summed E-state index contributed by atoms with van der Waals surface area (Å²) in [7, 11) is 0. The summed E-state index contributed by atoms with van der Waals surface area (Å²) in [6, 6.07) is 32.3. The van der Waals surface area contributed by atoms with Crippen molar-refractivity contribution in [2.75, 3.05) is 4.90 Å². The fourth-order valence-electron chi connectivity index (χ4n) is 4.67. The third-order valence-electron chi connectivity index (χ3n) is 6.81. The monoisotopic (exact) mass is 625 g/mol. The fraction of sp³-hybridized carbons (Fsp3) is 0.0909. The Morgan fingerprint density at radius 1 is 0.860 bits per heavy atom. The van der Waals surface area contributed by atoms with E-state index in [1.54, 1.807) is 48.5 Å². The largest absolute Gasteiger partial charge is 0.507 e. The minimum atomic E-state index is -0.912. The number of nitrogens with zero attached hydrogens (tertiary/aromatic N) is 3. The molecule has 1 atom stereocenters. The zero-order valence-corrected chi connectivity index (χ0v) is 25.0. The molecule has 1 saturated heterocycles. The Kier molecular flexibility index (Phi) is 8.55. The van der Waals surface area contributed by atoms with E-state index in [0.717, 1.165) is 11.1 Å². The van der Waals surface area contributed by atoms with Crippen LogP contribution in [0, 0.1) is 0 Å². The van der Waals surface area contributed by atoms with Crippen LogP contribution in [0.2, 0.25) is 5.02 Å². The number of aliphatic hydroxyl groups excluding tert-OH is 1. The molecular formula is C33H24ClN3O4S2. The average Bonchev–Trinajstić information content (AvgIpc) is 3.62. The molecule has 0 spiro atoms. The molecule has 214 valence electrons. The first-order chi connectivity index (χ1) is 21.0. The Bertz CT molecular complexity index is 1780. The van der Waals surface area contributed by atoms with Crippen molar-refractivity contribution in [2.45, 2.75) is 22.7 Å². The van der Waals surface area contributed by atoms with Crippen molar-refractivity contribution in [3.8, 4) is 5.75 Å². The molecule has 1 fully saturated rings. The van der Waals surface area contributed by atoms with Crippen LogP contribution in [0.5, 0.6) is 5.75 Å². The standard InChI is InChI=1S/C33H24ClN3O4S2/c34-25-15-11-22(12-16-25)20-42-33-36-35-32(43-33)37-28(27(30(39)31(37)40)29(38)24-9-5-2-6-10-24)23-13-17-26(18-14-23)41-19-21-7-3-1-4-8-21/h1-18,28,38H,19-20H2/b29-27-. The van der Waals surface area contributed by atoms with Crippen molar-refractivity contribution < 1.29 is 19.4 Å². The van der Waals surface area contributed by atoms with Gasteiger partial charge in [0.25, 0.3) is 5.78 Å². The highest BCUT2D eigenvalue weighted by Crippen LogP contribution is 2.44. The van der Waals surface area contributed by atoms with E-state index in [9.17, 15) is 14.7 Å². The number of ketones is 1. The maximum absolute atomic E-state index is 13.5. The van der Waals surface area contributed by atoms with Gasteiger partial charge in [-0.05, 0) is 41.0 Å². The van der Waals surface area contributed by atoms with Gasteiger partial charge >= 0.3 is 5.91 Å². The summed E-state index contributed by atoms with van der Waals surface area (Å²) in [4.78, 5) is 28.3. The third-order valence-corrected chi connectivity index (χ3v) is 9.19. The van der Waals surface area contributed by atoms with E-state index in [1.807, 2.05) is 60.7 Å². The molecule has 10 heteroatoms. The topological polar surface area (TPSA) is 92.6 Å². The van der Waals surface area contributed by atoms with E-state index in [2.05, 4.69) is 10.2 Å². The molecule has 6 rings (SSSR count). The summed E-state index contributed by atoms with van der Waals surface area (Å²) in [5.74, 6) is -0.562. The quantitative estimate of drug-likeness (QED) is 0.0590. The number of Topliss-reactive ketones (excluding diaryl/α,β-unsaturated/α-hetero) is 1. The highest BCUT2D eigenvalue weighted by molar-refractivity contribution is 8.00. The van der Waals surface area contributed by atoms with E-state index in [-0.39, 0.29) is 16.5 Å². The van der Waals surface area contributed by atoms with E-state index in [4.69, 9.17) is 16.3 Å². The molecule has 1 amide bonds. The number of amides is 1. The lowest BCUT2D eigenvalue weighted by molar-refractivity contribution is -0.132. The van der Waals surface area contributed by atoms with Gasteiger partial charge in [0.15, 0.2) is 4.34 Å². The van der Waals surface area contributed by atoms with Crippen LogP contribution in [0.3, 0.4) is 0 Å². The summed E-state index contributed by atoms with van der Waals surface area (Å²) in [5.41, 5.74) is 3.13. The van der Waals surface area contributed by atoms with Crippen molar-refractivity contribution in [1.82, 2.24) is 10.2 Å². The van der Waals surface area contributed by atoms with Crippen molar-refractivity contribution in [3.63, 3.8) is 0 Å². The number of thioether (sulfide) groups is 1. The van der Waals surface area contributed by atoms with Crippen LogP contribution >= 0.6 is 34.7 Å². The van der Waals surface area contributed by atoms with Crippen molar-refractivity contribution in [3.05, 3.63) is 142 Å². The molecule has 43 heavy (non-hydrogen) atoms. The SMILES string of the molecule is O=C1C(=O)N(c2nnc(SCc3ccc(Cl)cc3)s2)C(c2ccc(OCc3ccccc3)cc2)/C1=C(/O)c1ccccc1. The molecule has 1 aromatic heterocycles. The Hall–Kier alpha value is -4.44. The molecule has 2 heterocycles. The lowest BCUT2D eigenvalue weighted by Gasteiger charge is -2.22. The predicted octanol–water partition coefficient (Wildman–Crippen LogP) is 7.69. The molecule has 1 unspecified atom stereocenters. The van der Waals surface area contributed by atoms with Gasteiger partial charge in [-0.1, -0.05) is 120 Å². The van der Waals surface area contributed by atoms with E-state index in [1.165, 1.54) is 28.0 Å². The first kappa shape index (κ1) is 28.7. The molecule has 7 nitrogen and oxygen atoms in total. The highest BCUT2D eigenvalue weighted by atomic mass is 35.5. The number of benzene rings is 4. The smallest absolute Gasteiger partial charge is 0.301 e. The lowest BCUT2D eigenvalue weighted by Crippen LogP contribution is -2.29. The Morgan fingerprint density at radius 2 is 1.53 bits per heavy atom. The molecule has 4 aromatic carbocycles. The zero-order chi connectivity index (χ0) is 29.8. The number of hydrogen-bond donors (Lipinski definition) is 1. The van der Waals surface area contributed by atoms with Gasteiger partial charge in [0.05, 0.1) is 11.6 Å². The number of anilines is 1. The second-order valence-electron chi connectivity index (χ2n) is 9.64. The number of halogens is 1. The summed E-state index contributed by atoms with van der Waals surface area (Å²) in [5, 5.41) is 20.8. The Balaban J connectivity index is 1.32. The maximum Gasteiger partial charge on any atom is 0.301 e. The maximum atomic E-state index is 13.5. The molecule has 1 aliphatic rings. The predicted molar refractivity (Wildman–Crippen MR) is 169 cm³/mol. The van der Waals surface area contributed by atoms with E-state index in [0.29, 0.717) is 38.6 Å². The number of carbonyl (C=O) groups is 2. The van der Waals surface area contributed by atoms with Gasteiger partial charge in [0, 0.05) is 16.3 Å². The van der Waals surface area contributed by atoms with Crippen LogP contribution in [0.25, 0.3) is 5.76 Å². The minimum Gasteiger partial charge on any atom is -0.507 e. The summed E-state index contributed by atoms with van der Waals surface area (Å²) < 4.78 is 6.58. The second kappa shape index (κ2) is 12.8. The third kappa shape index (κ3) is 6.34. The van der Waals surface area contributed by atoms with Gasteiger partial charge in [-0.25, -0.2) is 0 Å². The number of hydrogen-bond acceptors (Lipinski definition) is 8. The molecule has 0 aliphatic carbocycles. The van der Waals surface area contributed by atoms with Gasteiger partial charge < -0.3 is 9.84 Å². The van der Waals surface area contributed by atoms with Crippen molar-refractivity contribution in [2.24, 2.45) is 0 Å². The summed E-state index contributed by atoms with van der Waals surface area (Å²) in [6.07, 6.45) is 0. The Labute approximate surface area is 261 Å². The van der Waals surface area contributed by atoms with Crippen LogP contribution in [-0.4, -0.2) is 27.0 Å². The van der Waals surface area contributed by atoms with Crippen molar-refractivity contribution in [1.29, 1.82) is 0 Å².